The molecule has 0 fully saturated rings. The molecule has 0 atom stereocenters. The Balaban J connectivity index is 3.15. The molecule has 76 valence electrons. The van der Waals surface area contributed by atoms with Crippen LogP contribution in [0.15, 0.2) is 18.2 Å². The smallest absolute Gasteiger partial charge is 0.284 e. The van der Waals surface area contributed by atoms with Crippen molar-refractivity contribution < 1.29 is 18.0 Å². The molecular weight excluding hydrogens is 240 g/mol. The van der Waals surface area contributed by atoms with Crippen LogP contribution in [0, 0.1) is 0 Å². The molecule has 0 aromatic heterocycles. The molecule has 0 spiro atoms. The zero-order valence-corrected chi connectivity index (χ0v) is 8.04. The Bertz CT molecular complexity index is 373. The fourth-order valence-electron chi connectivity index (χ4n) is 0.826. The van der Waals surface area contributed by atoms with Crippen molar-refractivity contribution in [3.63, 3.8) is 0 Å². The van der Waals surface area contributed by atoms with Gasteiger partial charge in [-0.25, -0.2) is 0 Å². The standard InChI is InChI=1S/C8H3Cl2F3O/c9-4-1-2-5(6(10)3-4)7(14)8(11,12)13/h1-3H. The molecule has 0 aliphatic rings. The zero-order chi connectivity index (χ0) is 10.9. The van der Waals surface area contributed by atoms with Crippen molar-refractivity contribution in [2.45, 2.75) is 6.18 Å². The number of ketones is 1. The normalized spacial score (nSPS) is 11.5. The highest BCUT2D eigenvalue weighted by molar-refractivity contribution is 6.37. The number of halogens is 5. The number of hydrogen-bond donors (Lipinski definition) is 0. The number of rotatable bonds is 1. The van der Waals surface area contributed by atoms with E-state index in [9.17, 15) is 18.0 Å². The lowest BCUT2D eigenvalue weighted by Crippen LogP contribution is -2.22. The average molecular weight is 243 g/mol. The molecule has 0 heterocycles. The van der Waals surface area contributed by atoms with E-state index in [1.807, 2.05) is 0 Å². The van der Waals surface area contributed by atoms with E-state index in [1.54, 1.807) is 0 Å². The van der Waals surface area contributed by atoms with E-state index in [1.165, 1.54) is 6.07 Å². The van der Waals surface area contributed by atoms with Gasteiger partial charge in [0.15, 0.2) is 0 Å². The largest absolute Gasteiger partial charge is 0.454 e. The minimum atomic E-state index is -4.92. The summed E-state index contributed by atoms with van der Waals surface area (Å²) in [5.74, 6) is -1.97. The molecule has 0 amide bonds. The van der Waals surface area contributed by atoms with E-state index in [-0.39, 0.29) is 10.0 Å². The highest BCUT2D eigenvalue weighted by Crippen LogP contribution is 2.27. The van der Waals surface area contributed by atoms with Crippen LogP contribution in [0.1, 0.15) is 10.4 Å². The molecule has 0 saturated carbocycles. The maximum Gasteiger partial charge on any atom is 0.454 e. The summed E-state index contributed by atoms with van der Waals surface area (Å²) in [5.41, 5.74) is -0.594. The van der Waals surface area contributed by atoms with E-state index in [0.717, 1.165) is 12.1 Å². The summed E-state index contributed by atoms with van der Waals surface area (Å²) in [6, 6.07) is 3.20. The van der Waals surface area contributed by atoms with Crippen LogP contribution in [0.2, 0.25) is 10.0 Å². The number of carbonyl (C=O) groups excluding carboxylic acids is 1. The molecule has 1 aromatic carbocycles. The molecule has 0 unspecified atom stereocenters. The van der Waals surface area contributed by atoms with Gasteiger partial charge >= 0.3 is 6.18 Å². The van der Waals surface area contributed by atoms with Gasteiger partial charge in [-0.15, -0.1) is 0 Å². The summed E-state index contributed by atoms with van der Waals surface area (Å²) in [6.07, 6.45) is -4.92. The maximum absolute atomic E-state index is 12.0. The van der Waals surface area contributed by atoms with Gasteiger partial charge in [0.25, 0.3) is 5.78 Å². The fourth-order valence-corrected chi connectivity index (χ4v) is 1.32. The zero-order valence-electron chi connectivity index (χ0n) is 6.53. The van der Waals surface area contributed by atoms with E-state index < -0.39 is 17.5 Å². The summed E-state index contributed by atoms with van der Waals surface area (Å²) in [6.45, 7) is 0. The molecule has 1 aromatic rings. The number of hydrogen-bond acceptors (Lipinski definition) is 1. The van der Waals surface area contributed by atoms with Gasteiger partial charge in [-0.3, -0.25) is 4.79 Å². The van der Waals surface area contributed by atoms with Crippen LogP contribution in [0.3, 0.4) is 0 Å². The van der Waals surface area contributed by atoms with Gasteiger partial charge in [0.1, 0.15) is 0 Å². The first kappa shape index (κ1) is 11.3. The van der Waals surface area contributed by atoms with Crippen LogP contribution in [0.25, 0.3) is 0 Å². The lowest BCUT2D eigenvalue weighted by Gasteiger charge is -2.06. The van der Waals surface area contributed by atoms with Crippen LogP contribution < -0.4 is 0 Å². The Morgan fingerprint density at radius 3 is 2.21 bits per heavy atom. The number of carbonyl (C=O) groups is 1. The van der Waals surface area contributed by atoms with Crippen molar-refractivity contribution >= 4 is 29.0 Å². The number of alkyl halides is 3. The summed E-state index contributed by atoms with van der Waals surface area (Å²) < 4.78 is 35.9. The van der Waals surface area contributed by atoms with Crippen molar-refractivity contribution in [3.8, 4) is 0 Å². The summed E-state index contributed by atoms with van der Waals surface area (Å²) in [4.78, 5) is 10.7. The van der Waals surface area contributed by atoms with E-state index in [2.05, 4.69) is 0 Å². The monoisotopic (exact) mass is 242 g/mol. The Morgan fingerprint density at radius 2 is 1.79 bits per heavy atom. The van der Waals surface area contributed by atoms with E-state index >= 15 is 0 Å². The summed E-state index contributed by atoms with van der Waals surface area (Å²) in [7, 11) is 0. The van der Waals surface area contributed by atoms with Crippen molar-refractivity contribution in [2.24, 2.45) is 0 Å². The topological polar surface area (TPSA) is 17.1 Å². The minimum absolute atomic E-state index is 0.175. The fraction of sp³-hybridized carbons (Fsp3) is 0.125. The number of Topliss-reactive ketones (excluding diaryl/α,β-unsaturated/α-hetero) is 1. The number of benzene rings is 1. The first-order chi connectivity index (χ1) is 6.32. The van der Waals surface area contributed by atoms with Gasteiger partial charge in [-0.2, -0.15) is 13.2 Å². The first-order valence-electron chi connectivity index (χ1n) is 3.39. The van der Waals surface area contributed by atoms with Gasteiger partial charge in [0.2, 0.25) is 0 Å². The van der Waals surface area contributed by atoms with E-state index in [4.69, 9.17) is 23.2 Å². The quantitative estimate of drug-likeness (QED) is 0.686. The van der Waals surface area contributed by atoms with Crippen LogP contribution >= 0.6 is 23.2 Å². The van der Waals surface area contributed by atoms with Crippen LogP contribution in [0.5, 0.6) is 0 Å². The molecule has 1 nitrogen and oxygen atoms in total. The Labute approximate surface area is 87.4 Å². The van der Waals surface area contributed by atoms with Gasteiger partial charge in [0, 0.05) is 10.6 Å². The third-order valence-electron chi connectivity index (χ3n) is 1.43. The lowest BCUT2D eigenvalue weighted by atomic mass is 10.1. The second kappa shape index (κ2) is 3.79. The molecule has 1 rings (SSSR count). The van der Waals surface area contributed by atoms with E-state index in [0.29, 0.717) is 0 Å². The molecule has 6 heteroatoms. The average Bonchev–Trinajstić information content (AvgIpc) is 2.01. The molecular formula is C8H3Cl2F3O. The molecule has 0 bridgehead atoms. The van der Waals surface area contributed by atoms with Crippen molar-refractivity contribution in [1.82, 2.24) is 0 Å². The molecule has 14 heavy (non-hydrogen) atoms. The Kier molecular flexibility index (Phi) is 3.07. The molecule has 0 radical (unpaired) electrons. The second-order valence-corrected chi connectivity index (χ2v) is 3.29. The predicted molar refractivity (Wildman–Crippen MR) is 46.8 cm³/mol. The third-order valence-corrected chi connectivity index (χ3v) is 1.98. The van der Waals surface area contributed by atoms with Crippen LogP contribution in [-0.2, 0) is 0 Å². The van der Waals surface area contributed by atoms with Gasteiger partial charge in [-0.05, 0) is 18.2 Å². The third kappa shape index (κ3) is 2.39. The van der Waals surface area contributed by atoms with Crippen molar-refractivity contribution in [1.29, 1.82) is 0 Å². The first-order valence-corrected chi connectivity index (χ1v) is 4.14. The predicted octanol–water partition coefficient (Wildman–Crippen LogP) is 3.74. The van der Waals surface area contributed by atoms with Gasteiger partial charge in [0.05, 0.1) is 5.02 Å². The highest BCUT2D eigenvalue weighted by atomic mass is 35.5. The SMILES string of the molecule is O=C(c1ccc(Cl)cc1Cl)C(F)(F)F. The highest BCUT2D eigenvalue weighted by Gasteiger charge is 2.40. The second-order valence-electron chi connectivity index (χ2n) is 2.45. The Hall–Kier alpha value is -0.740. The molecule has 0 saturated heterocycles. The van der Waals surface area contributed by atoms with Crippen molar-refractivity contribution in [3.05, 3.63) is 33.8 Å². The van der Waals surface area contributed by atoms with Gasteiger partial charge in [-0.1, -0.05) is 23.2 Å². The lowest BCUT2D eigenvalue weighted by molar-refractivity contribution is -0.0885. The maximum atomic E-state index is 12.0. The van der Waals surface area contributed by atoms with Gasteiger partial charge < -0.3 is 0 Å². The summed E-state index contributed by atoms with van der Waals surface area (Å²) in [5, 5.41) is -0.131. The minimum Gasteiger partial charge on any atom is -0.284 e. The molecule has 0 aliphatic carbocycles. The van der Waals surface area contributed by atoms with Crippen LogP contribution in [0.4, 0.5) is 13.2 Å². The molecule has 0 aliphatic heterocycles. The molecule has 0 N–H and O–H groups in total. The van der Waals surface area contributed by atoms with Crippen molar-refractivity contribution in [2.75, 3.05) is 0 Å². The Morgan fingerprint density at radius 1 is 1.21 bits per heavy atom. The summed E-state index contributed by atoms with van der Waals surface area (Å²) >= 11 is 10.9. The van der Waals surface area contributed by atoms with Crippen LogP contribution in [-0.4, -0.2) is 12.0 Å².